The lowest BCUT2D eigenvalue weighted by molar-refractivity contribution is 0.0178. The molecule has 4 heteroatoms. The SMILES string of the molecule is CC.Cc1cccc(-c2c(C(C)(F)F)ccn(C)c2=O)c1. The Hall–Kier alpha value is -1.97. The number of pyridine rings is 1. The Bertz CT molecular complexity index is 669. The number of benzene rings is 1. The second kappa shape index (κ2) is 6.66. The summed E-state index contributed by atoms with van der Waals surface area (Å²) < 4.78 is 28.6. The quantitative estimate of drug-likeness (QED) is 0.799. The van der Waals surface area contributed by atoms with Gasteiger partial charge >= 0.3 is 0 Å². The molecule has 0 bridgehead atoms. The molecule has 1 heterocycles. The average molecular weight is 293 g/mol. The van der Waals surface area contributed by atoms with Gasteiger partial charge in [0.1, 0.15) is 0 Å². The molecule has 2 aromatic rings. The van der Waals surface area contributed by atoms with E-state index in [2.05, 4.69) is 0 Å². The Morgan fingerprint density at radius 2 is 1.76 bits per heavy atom. The monoisotopic (exact) mass is 293 g/mol. The summed E-state index contributed by atoms with van der Waals surface area (Å²) in [5.41, 5.74) is 0.874. The molecule has 0 spiro atoms. The first-order valence-corrected chi connectivity index (χ1v) is 6.95. The zero-order valence-electron chi connectivity index (χ0n) is 13.1. The Morgan fingerprint density at radius 3 is 2.29 bits per heavy atom. The Labute approximate surface area is 124 Å². The third kappa shape index (κ3) is 3.78. The van der Waals surface area contributed by atoms with Crippen molar-refractivity contribution in [3.8, 4) is 11.1 Å². The number of nitrogens with zero attached hydrogens (tertiary/aromatic N) is 1. The largest absolute Gasteiger partial charge is 0.318 e. The van der Waals surface area contributed by atoms with Gasteiger partial charge in [0.2, 0.25) is 0 Å². The van der Waals surface area contributed by atoms with Crippen LogP contribution in [0.15, 0.2) is 41.3 Å². The molecule has 0 saturated heterocycles. The highest BCUT2D eigenvalue weighted by molar-refractivity contribution is 5.67. The van der Waals surface area contributed by atoms with Crippen LogP contribution in [0.3, 0.4) is 0 Å². The maximum atomic E-state index is 13.7. The van der Waals surface area contributed by atoms with Crippen molar-refractivity contribution in [3.05, 3.63) is 58.0 Å². The molecular weight excluding hydrogens is 272 g/mol. The standard InChI is InChI=1S/C15H15F2NO.C2H6/c1-10-5-4-6-11(9-10)13-12(15(2,16)17)7-8-18(3)14(13)19;1-2/h4-9H,1-3H3;1-2H3. The fraction of sp³-hybridized carbons (Fsp3) is 0.353. The Kier molecular flexibility index (Phi) is 5.41. The van der Waals surface area contributed by atoms with Crippen LogP contribution in [0.4, 0.5) is 8.78 Å². The van der Waals surface area contributed by atoms with Gasteiger partial charge in [0, 0.05) is 25.7 Å². The van der Waals surface area contributed by atoms with Gasteiger partial charge in [-0.2, -0.15) is 0 Å². The van der Waals surface area contributed by atoms with Crippen molar-refractivity contribution in [2.75, 3.05) is 0 Å². The smallest absolute Gasteiger partial charge is 0.271 e. The molecular formula is C17H21F2NO. The highest BCUT2D eigenvalue weighted by atomic mass is 19.3. The summed E-state index contributed by atoms with van der Waals surface area (Å²) in [5, 5.41) is 0. The number of aryl methyl sites for hydroxylation is 2. The van der Waals surface area contributed by atoms with Crippen LogP contribution in [0, 0.1) is 6.92 Å². The molecule has 0 aliphatic carbocycles. The fourth-order valence-corrected chi connectivity index (χ4v) is 2.07. The van der Waals surface area contributed by atoms with Gasteiger partial charge in [0.25, 0.3) is 11.5 Å². The van der Waals surface area contributed by atoms with Crippen LogP contribution >= 0.6 is 0 Å². The molecule has 2 rings (SSSR count). The van der Waals surface area contributed by atoms with E-state index in [1.807, 2.05) is 26.8 Å². The summed E-state index contributed by atoms with van der Waals surface area (Å²) >= 11 is 0. The Morgan fingerprint density at radius 1 is 1.14 bits per heavy atom. The van der Waals surface area contributed by atoms with Gasteiger partial charge in [0.15, 0.2) is 0 Å². The number of rotatable bonds is 2. The molecule has 114 valence electrons. The van der Waals surface area contributed by atoms with Crippen LogP contribution < -0.4 is 5.56 Å². The first-order chi connectivity index (χ1) is 9.80. The molecule has 2 nitrogen and oxygen atoms in total. The third-order valence-corrected chi connectivity index (χ3v) is 3.05. The van der Waals surface area contributed by atoms with Gasteiger partial charge < -0.3 is 4.57 Å². The van der Waals surface area contributed by atoms with Gasteiger partial charge in [-0.25, -0.2) is 8.78 Å². The molecule has 1 aromatic heterocycles. The minimum absolute atomic E-state index is 0.0706. The van der Waals surface area contributed by atoms with Crippen molar-refractivity contribution in [3.63, 3.8) is 0 Å². The molecule has 21 heavy (non-hydrogen) atoms. The highest BCUT2D eigenvalue weighted by Gasteiger charge is 2.29. The van der Waals surface area contributed by atoms with Gasteiger partial charge in [-0.15, -0.1) is 0 Å². The first kappa shape index (κ1) is 17.1. The number of alkyl halides is 2. The van der Waals surface area contributed by atoms with E-state index < -0.39 is 11.5 Å². The van der Waals surface area contributed by atoms with Crippen LogP contribution in [-0.4, -0.2) is 4.57 Å². The minimum Gasteiger partial charge on any atom is -0.318 e. The van der Waals surface area contributed by atoms with E-state index in [4.69, 9.17) is 0 Å². The van der Waals surface area contributed by atoms with Crippen LogP contribution in [-0.2, 0) is 13.0 Å². The van der Waals surface area contributed by atoms with Gasteiger partial charge in [0.05, 0.1) is 5.56 Å². The lowest BCUT2D eigenvalue weighted by atomic mass is 9.97. The molecule has 0 fully saturated rings. The predicted molar refractivity (Wildman–Crippen MR) is 82.8 cm³/mol. The van der Waals surface area contributed by atoms with Crippen LogP contribution in [0.25, 0.3) is 11.1 Å². The molecule has 0 amide bonds. The maximum Gasteiger partial charge on any atom is 0.271 e. The molecule has 0 aliphatic heterocycles. The fourth-order valence-electron chi connectivity index (χ4n) is 2.07. The third-order valence-electron chi connectivity index (χ3n) is 3.05. The lowest BCUT2D eigenvalue weighted by Gasteiger charge is -2.16. The van der Waals surface area contributed by atoms with Gasteiger partial charge in [-0.05, 0) is 18.6 Å². The molecule has 0 radical (unpaired) electrons. The zero-order valence-corrected chi connectivity index (χ0v) is 13.1. The molecule has 1 aromatic carbocycles. The second-order valence-corrected chi connectivity index (χ2v) is 4.78. The van der Waals surface area contributed by atoms with Crippen LogP contribution in [0.1, 0.15) is 31.9 Å². The summed E-state index contributed by atoms with van der Waals surface area (Å²) in [6, 6.07) is 8.35. The number of aromatic nitrogens is 1. The normalized spacial score (nSPS) is 10.8. The van der Waals surface area contributed by atoms with E-state index in [9.17, 15) is 13.6 Å². The minimum atomic E-state index is -3.05. The van der Waals surface area contributed by atoms with E-state index in [0.717, 1.165) is 12.5 Å². The number of halogens is 2. The summed E-state index contributed by atoms with van der Waals surface area (Å²) in [5.74, 6) is -3.05. The highest BCUT2D eigenvalue weighted by Crippen LogP contribution is 2.33. The topological polar surface area (TPSA) is 22.0 Å². The van der Waals surface area contributed by atoms with Crippen LogP contribution in [0.5, 0.6) is 0 Å². The summed E-state index contributed by atoms with van der Waals surface area (Å²) in [7, 11) is 1.55. The van der Waals surface area contributed by atoms with Crippen molar-refractivity contribution in [2.45, 2.75) is 33.6 Å². The van der Waals surface area contributed by atoms with E-state index in [1.54, 1.807) is 25.2 Å². The molecule has 0 atom stereocenters. The van der Waals surface area contributed by atoms with Crippen molar-refractivity contribution in [1.82, 2.24) is 4.57 Å². The van der Waals surface area contributed by atoms with Crippen molar-refractivity contribution < 1.29 is 8.78 Å². The maximum absolute atomic E-state index is 13.7. The van der Waals surface area contributed by atoms with Crippen LogP contribution in [0.2, 0.25) is 0 Å². The molecule has 0 N–H and O–H groups in total. The van der Waals surface area contributed by atoms with E-state index in [0.29, 0.717) is 5.56 Å². The van der Waals surface area contributed by atoms with E-state index in [-0.39, 0.29) is 11.1 Å². The lowest BCUT2D eigenvalue weighted by Crippen LogP contribution is -2.23. The predicted octanol–water partition coefficient (Wildman–Crippen LogP) is 4.50. The average Bonchev–Trinajstić information content (AvgIpc) is 2.42. The molecule has 0 aliphatic rings. The molecule has 0 saturated carbocycles. The van der Waals surface area contributed by atoms with Gasteiger partial charge in [-0.1, -0.05) is 43.7 Å². The number of hydrogen-bond acceptors (Lipinski definition) is 1. The number of hydrogen-bond donors (Lipinski definition) is 0. The van der Waals surface area contributed by atoms with Crippen molar-refractivity contribution in [1.29, 1.82) is 0 Å². The summed E-state index contributed by atoms with van der Waals surface area (Å²) in [4.78, 5) is 12.2. The second-order valence-electron chi connectivity index (χ2n) is 4.78. The van der Waals surface area contributed by atoms with E-state index >= 15 is 0 Å². The summed E-state index contributed by atoms with van der Waals surface area (Å²) in [6.45, 7) is 6.67. The summed E-state index contributed by atoms with van der Waals surface area (Å²) in [6.07, 6.45) is 1.37. The first-order valence-electron chi connectivity index (χ1n) is 6.95. The zero-order chi connectivity index (χ0) is 16.2. The van der Waals surface area contributed by atoms with Crippen molar-refractivity contribution >= 4 is 0 Å². The Balaban J connectivity index is 0.00000106. The molecule has 0 unspecified atom stereocenters. The van der Waals surface area contributed by atoms with Gasteiger partial charge in [-0.3, -0.25) is 4.79 Å². The van der Waals surface area contributed by atoms with Crippen molar-refractivity contribution in [2.24, 2.45) is 7.05 Å². The van der Waals surface area contributed by atoms with E-state index in [1.165, 1.54) is 16.8 Å².